The zero-order valence-corrected chi connectivity index (χ0v) is 12.4. The average molecular weight is 328 g/mol. The normalized spacial score (nSPS) is 10.8. The van der Waals surface area contributed by atoms with E-state index in [-0.39, 0.29) is 11.2 Å². The van der Waals surface area contributed by atoms with Gasteiger partial charge in [-0.25, -0.2) is 0 Å². The summed E-state index contributed by atoms with van der Waals surface area (Å²) in [6, 6.07) is 3.53. The summed E-state index contributed by atoms with van der Waals surface area (Å²) in [7, 11) is 1.69. The van der Waals surface area contributed by atoms with Gasteiger partial charge in [0.15, 0.2) is 0 Å². The summed E-state index contributed by atoms with van der Waals surface area (Å²) in [5, 5.41) is 6.37. The smallest absolute Gasteiger partial charge is 0.233 e. The molecule has 0 saturated carbocycles. The third kappa shape index (κ3) is 2.45. The fraction of sp³-hybridized carbons (Fsp3) is 0.100. The highest BCUT2D eigenvalue weighted by Gasteiger charge is 2.12. The van der Waals surface area contributed by atoms with Crippen molar-refractivity contribution in [2.75, 3.05) is 17.7 Å². The van der Waals surface area contributed by atoms with Crippen molar-refractivity contribution in [1.82, 2.24) is 23.7 Å². The predicted molar refractivity (Wildman–Crippen MR) is 80.1 cm³/mol. The number of nitrogens with one attached hydrogen (secondary N) is 2. The minimum Gasteiger partial charge on any atom is -0.357 e. The number of nitrogens with zero attached hydrogens (tertiary/aromatic N) is 5. The fourth-order valence-corrected chi connectivity index (χ4v) is 2.48. The van der Waals surface area contributed by atoms with E-state index < -0.39 is 0 Å². The lowest BCUT2D eigenvalue weighted by Gasteiger charge is -2.08. The van der Waals surface area contributed by atoms with Crippen molar-refractivity contribution in [3.8, 4) is 0 Å². The highest BCUT2D eigenvalue weighted by Crippen LogP contribution is 2.31. The Labute approximate surface area is 127 Å². The van der Waals surface area contributed by atoms with Crippen LogP contribution in [0.5, 0.6) is 0 Å². The van der Waals surface area contributed by atoms with Crippen LogP contribution in [0.2, 0.25) is 10.3 Å². The second kappa shape index (κ2) is 5.31. The largest absolute Gasteiger partial charge is 0.357 e. The first-order chi connectivity index (χ1) is 9.67. The van der Waals surface area contributed by atoms with Crippen LogP contribution in [0.25, 0.3) is 11.0 Å². The lowest BCUT2D eigenvalue weighted by atomic mass is 10.2. The number of hydrogen-bond donors (Lipinski definition) is 2. The van der Waals surface area contributed by atoms with Gasteiger partial charge >= 0.3 is 0 Å². The Kier molecular flexibility index (Phi) is 3.51. The quantitative estimate of drug-likeness (QED) is 0.764. The molecule has 10 heteroatoms. The van der Waals surface area contributed by atoms with E-state index in [2.05, 4.69) is 34.3 Å². The molecule has 0 aliphatic heterocycles. The molecule has 0 saturated heterocycles. The second-order valence-electron chi connectivity index (χ2n) is 3.68. The third-order valence-electron chi connectivity index (χ3n) is 2.45. The summed E-state index contributed by atoms with van der Waals surface area (Å²) in [6.07, 6.45) is 0. The predicted octanol–water partition coefficient (Wildman–Crippen LogP) is 2.97. The zero-order chi connectivity index (χ0) is 14.1. The van der Waals surface area contributed by atoms with E-state index in [9.17, 15) is 0 Å². The molecule has 0 spiro atoms. The summed E-state index contributed by atoms with van der Waals surface area (Å²) in [5.41, 5.74) is 1.99. The van der Waals surface area contributed by atoms with Crippen molar-refractivity contribution in [2.24, 2.45) is 0 Å². The van der Waals surface area contributed by atoms with Gasteiger partial charge in [0.2, 0.25) is 17.2 Å². The molecule has 0 bridgehead atoms. The van der Waals surface area contributed by atoms with Crippen molar-refractivity contribution >= 4 is 63.5 Å². The first-order valence-electron chi connectivity index (χ1n) is 5.44. The highest BCUT2D eigenvalue weighted by molar-refractivity contribution is 7.00. The molecule has 3 rings (SSSR count). The third-order valence-corrected chi connectivity index (χ3v) is 3.47. The van der Waals surface area contributed by atoms with E-state index in [0.717, 1.165) is 17.2 Å². The molecule has 0 amide bonds. The van der Waals surface area contributed by atoms with Crippen LogP contribution in [-0.2, 0) is 0 Å². The maximum Gasteiger partial charge on any atom is 0.233 e. The van der Waals surface area contributed by atoms with E-state index in [0.29, 0.717) is 22.2 Å². The van der Waals surface area contributed by atoms with Gasteiger partial charge in [-0.1, -0.05) is 11.6 Å². The Morgan fingerprint density at radius 1 is 1.05 bits per heavy atom. The SMILES string of the molecule is CNc1nc(Cl)nc(Nc2c(Cl)ccc3nsnc23)n1. The number of halogens is 2. The minimum absolute atomic E-state index is 0.0755. The molecular formula is C10H7Cl2N7S. The van der Waals surface area contributed by atoms with Gasteiger partial charge < -0.3 is 10.6 Å². The lowest BCUT2D eigenvalue weighted by Crippen LogP contribution is -2.04. The van der Waals surface area contributed by atoms with Crippen molar-refractivity contribution in [3.63, 3.8) is 0 Å². The Morgan fingerprint density at radius 3 is 2.65 bits per heavy atom. The molecule has 0 atom stereocenters. The topological polar surface area (TPSA) is 88.5 Å². The van der Waals surface area contributed by atoms with Crippen LogP contribution in [0.3, 0.4) is 0 Å². The van der Waals surface area contributed by atoms with Crippen molar-refractivity contribution in [1.29, 1.82) is 0 Å². The van der Waals surface area contributed by atoms with E-state index in [4.69, 9.17) is 23.2 Å². The van der Waals surface area contributed by atoms with E-state index >= 15 is 0 Å². The van der Waals surface area contributed by atoms with Gasteiger partial charge in [0.05, 0.1) is 22.4 Å². The maximum absolute atomic E-state index is 6.18. The molecule has 3 aromatic rings. The van der Waals surface area contributed by atoms with Gasteiger partial charge in [-0.3, -0.25) is 0 Å². The standard InChI is InChI=1S/C10H7Cl2N7S/c1-13-9-15-8(12)16-10(17-9)14-6-4(11)2-3-5-7(6)19-20-18-5/h2-3H,1H3,(H2,13,14,15,16,17). The molecule has 2 heterocycles. The second-order valence-corrected chi connectivity index (χ2v) is 4.95. The molecule has 0 aliphatic rings. The van der Waals surface area contributed by atoms with Crippen molar-refractivity contribution < 1.29 is 0 Å². The summed E-state index contributed by atoms with van der Waals surface area (Å²) >= 11 is 13.1. The molecule has 2 aromatic heterocycles. The summed E-state index contributed by atoms with van der Waals surface area (Å²) < 4.78 is 8.36. The van der Waals surface area contributed by atoms with Gasteiger partial charge in [-0.05, 0) is 23.7 Å². The number of hydrogen-bond acceptors (Lipinski definition) is 8. The lowest BCUT2D eigenvalue weighted by molar-refractivity contribution is 1.05. The van der Waals surface area contributed by atoms with Crippen LogP contribution in [0.1, 0.15) is 0 Å². The fourth-order valence-electron chi connectivity index (χ4n) is 1.58. The van der Waals surface area contributed by atoms with Crippen molar-refractivity contribution in [3.05, 3.63) is 22.4 Å². The molecule has 1 aromatic carbocycles. The number of aromatic nitrogens is 5. The van der Waals surface area contributed by atoms with Gasteiger partial charge in [0.25, 0.3) is 0 Å². The molecule has 20 heavy (non-hydrogen) atoms. The molecule has 0 fully saturated rings. The Bertz CT molecular complexity index is 775. The van der Waals surface area contributed by atoms with E-state index in [1.165, 1.54) is 0 Å². The summed E-state index contributed by atoms with van der Waals surface area (Å²) in [4.78, 5) is 12.0. The van der Waals surface area contributed by atoms with E-state index in [1.54, 1.807) is 19.2 Å². The van der Waals surface area contributed by atoms with Crippen LogP contribution >= 0.6 is 34.9 Å². The van der Waals surface area contributed by atoms with Gasteiger partial charge in [0, 0.05) is 7.05 Å². The van der Waals surface area contributed by atoms with Crippen LogP contribution in [0.15, 0.2) is 12.1 Å². The van der Waals surface area contributed by atoms with Gasteiger partial charge in [-0.15, -0.1) is 0 Å². The van der Waals surface area contributed by atoms with Crippen molar-refractivity contribution in [2.45, 2.75) is 0 Å². The molecular weight excluding hydrogens is 321 g/mol. The van der Waals surface area contributed by atoms with Crippen LogP contribution in [0, 0.1) is 0 Å². The summed E-state index contributed by atoms with van der Waals surface area (Å²) in [6.45, 7) is 0. The molecule has 102 valence electrons. The highest BCUT2D eigenvalue weighted by atomic mass is 35.5. The Hall–Kier alpha value is -1.77. The van der Waals surface area contributed by atoms with Crippen LogP contribution in [0.4, 0.5) is 17.6 Å². The monoisotopic (exact) mass is 327 g/mol. The van der Waals surface area contributed by atoms with E-state index in [1.807, 2.05) is 0 Å². The number of rotatable bonds is 3. The molecule has 2 N–H and O–H groups in total. The number of fused-ring (bicyclic) bond motifs is 1. The Morgan fingerprint density at radius 2 is 1.85 bits per heavy atom. The first-order valence-corrected chi connectivity index (χ1v) is 6.93. The molecule has 0 unspecified atom stereocenters. The van der Waals surface area contributed by atoms with Crippen LogP contribution in [-0.4, -0.2) is 30.7 Å². The summed E-state index contributed by atoms with van der Waals surface area (Å²) in [5.74, 6) is 0.629. The molecule has 7 nitrogen and oxygen atoms in total. The molecule has 0 aliphatic carbocycles. The number of benzene rings is 1. The van der Waals surface area contributed by atoms with Crippen LogP contribution < -0.4 is 10.6 Å². The Balaban J connectivity index is 2.07. The van der Waals surface area contributed by atoms with Gasteiger partial charge in [-0.2, -0.15) is 23.7 Å². The average Bonchev–Trinajstić information content (AvgIpc) is 2.90. The van der Waals surface area contributed by atoms with Gasteiger partial charge in [0.1, 0.15) is 11.0 Å². The molecule has 0 radical (unpaired) electrons. The minimum atomic E-state index is 0.0755. The zero-order valence-electron chi connectivity index (χ0n) is 10.1. The number of anilines is 3. The maximum atomic E-state index is 6.18. The first kappa shape index (κ1) is 13.2.